The molecule has 0 saturated heterocycles. The molecule has 0 aromatic heterocycles. The number of hydrogen-bond acceptors (Lipinski definition) is 3. The zero-order chi connectivity index (χ0) is 13.9. The van der Waals surface area contributed by atoms with E-state index < -0.39 is 5.60 Å². The van der Waals surface area contributed by atoms with Gasteiger partial charge in [-0.3, -0.25) is 4.90 Å². The van der Waals surface area contributed by atoms with Gasteiger partial charge in [0.05, 0.1) is 5.60 Å². The van der Waals surface area contributed by atoms with Gasteiger partial charge < -0.3 is 10.8 Å². The van der Waals surface area contributed by atoms with Gasteiger partial charge in [-0.05, 0) is 25.5 Å². The van der Waals surface area contributed by atoms with Crippen LogP contribution in [0.2, 0.25) is 0 Å². The molecule has 0 radical (unpaired) electrons. The van der Waals surface area contributed by atoms with Gasteiger partial charge in [-0.1, -0.05) is 49.3 Å². The molecule has 0 heterocycles. The van der Waals surface area contributed by atoms with Crippen LogP contribution >= 0.6 is 12.2 Å². The van der Waals surface area contributed by atoms with Crippen LogP contribution in [0.25, 0.3) is 0 Å². The van der Waals surface area contributed by atoms with Crippen molar-refractivity contribution in [3.8, 4) is 0 Å². The minimum absolute atomic E-state index is 0.431. The molecule has 0 unspecified atom stereocenters. The van der Waals surface area contributed by atoms with Crippen LogP contribution in [-0.4, -0.2) is 34.2 Å². The molecule has 0 atom stereocenters. The second kappa shape index (κ2) is 5.99. The van der Waals surface area contributed by atoms with E-state index in [4.69, 9.17) is 18.0 Å². The van der Waals surface area contributed by atoms with Crippen LogP contribution in [0, 0.1) is 0 Å². The van der Waals surface area contributed by atoms with E-state index in [1.165, 1.54) is 5.56 Å². The van der Waals surface area contributed by atoms with Crippen LogP contribution in [-0.2, 0) is 6.54 Å². The van der Waals surface area contributed by atoms with Gasteiger partial charge in [0.2, 0.25) is 0 Å². The first-order chi connectivity index (χ1) is 8.98. The smallest absolute Gasteiger partial charge is 0.103 e. The summed E-state index contributed by atoms with van der Waals surface area (Å²) in [6, 6.07) is 8.00. The third-order valence-electron chi connectivity index (χ3n) is 3.79. The van der Waals surface area contributed by atoms with E-state index >= 15 is 0 Å². The van der Waals surface area contributed by atoms with Crippen molar-refractivity contribution < 1.29 is 5.11 Å². The molecule has 2 rings (SSSR count). The van der Waals surface area contributed by atoms with Gasteiger partial charge in [0.25, 0.3) is 0 Å². The standard InChI is InChI=1S/C15H22N2OS/c1-17(11-15(18)8-2-3-9-15)10-12-4-6-13(7-5-12)14(16)19/h4-7,18H,2-3,8-11H2,1H3,(H2,16,19). The second-order valence-electron chi connectivity index (χ2n) is 5.66. The molecule has 0 aliphatic heterocycles. The Hall–Kier alpha value is -0.970. The predicted octanol–water partition coefficient (Wildman–Crippen LogP) is 2.06. The van der Waals surface area contributed by atoms with Crippen LogP contribution in [0.4, 0.5) is 0 Å². The molecular formula is C15H22N2OS. The zero-order valence-corrected chi connectivity index (χ0v) is 12.2. The van der Waals surface area contributed by atoms with Gasteiger partial charge in [-0.25, -0.2) is 0 Å². The number of thiocarbonyl (C=S) groups is 1. The number of rotatable bonds is 5. The molecule has 3 N–H and O–H groups in total. The van der Waals surface area contributed by atoms with E-state index in [0.29, 0.717) is 4.99 Å². The van der Waals surface area contributed by atoms with E-state index in [2.05, 4.69) is 11.9 Å². The summed E-state index contributed by atoms with van der Waals surface area (Å²) in [5.74, 6) is 0. The summed E-state index contributed by atoms with van der Waals surface area (Å²) in [5, 5.41) is 10.4. The zero-order valence-electron chi connectivity index (χ0n) is 11.4. The van der Waals surface area contributed by atoms with Crippen molar-refractivity contribution in [2.75, 3.05) is 13.6 Å². The van der Waals surface area contributed by atoms with Crippen molar-refractivity contribution in [2.45, 2.75) is 37.8 Å². The van der Waals surface area contributed by atoms with E-state index in [1.807, 2.05) is 24.3 Å². The van der Waals surface area contributed by atoms with Gasteiger partial charge in [0.1, 0.15) is 4.99 Å². The molecule has 1 aliphatic carbocycles. The number of likely N-dealkylation sites (N-methyl/N-ethyl adjacent to an activating group) is 1. The first-order valence-corrected chi connectivity index (χ1v) is 7.19. The molecule has 0 bridgehead atoms. The lowest BCUT2D eigenvalue weighted by Gasteiger charge is -2.28. The third kappa shape index (κ3) is 4.00. The number of benzene rings is 1. The van der Waals surface area contributed by atoms with Crippen LogP contribution in [0.15, 0.2) is 24.3 Å². The van der Waals surface area contributed by atoms with Crippen LogP contribution < -0.4 is 5.73 Å². The highest BCUT2D eigenvalue weighted by Gasteiger charge is 2.31. The lowest BCUT2D eigenvalue weighted by Crippen LogP contribution is -2.38. The molecule has 0 amide bonds. The highest BCUT2D eigenvalue weighted by Crippen LogP contribution is 2.30. The number of nitrogens with two attached hydrogens (primary N) is 1. The van der Waals surface area contributed by atoms with Gasteiger partial charge in [0, 0.05) is 18.7 Å². The molecule has 19 heavy (non-hydrogen) atoms. The lowest BCUT2D eigenvalue weighted by molar-refractivity contribution is 0.0145. The molecule has 1 saturated carbocycles. The van der Waals surface area contributed by atoms with E-state index in [1.54, 1.807) is 0 Å². The first kappa shape index (κ1) is 14.4. The van der Waals surface area contributed by atoms with E-state index in [9.17, 15) is 5.11 Å². The monoisotopic (exact) mass is 278 g/mol. The molecule has 104 valence electrons. The Morgan fingerprint density at radius 1 is 1.32 bits per heavy atom. The summed E-state index contributed by atoms with van der Waals surface area (Å²) in [6.45, 7) is 1.57. The fourth-order valence-corrected chi connectivity index (χ4v) is 2.97. The molecule has 1 aromatic rings. The van der Waals surface area contributed by atoms with Gasteiger partial charge in [-0.15, -0.1) is 0 Å². The van der Waals surface area contributed by atoms with Crippen LogP contribution in [0.3, 0.4) is 0 Å². The average Bonchev–Trinajstić information content (AvgIpc) is 2.76. The van der Waals surface area contributed by atoms with Gasteiger partial charge in [0.15, 0.2) is 0 Å². The predicted molar refractivity (Wildman–Crippen MR) is 82.1 cm³/mol. The summed E-state index contributed by atoms with van der Waals surface area (Å²) in [4.78, 5) is 2.61. The Balaban J connectivity index is 1.91. The molecule has 1 aromatic carbocycles. The summed E-state index contributed by atoms with van der Waals surface area (Å²) >= 11 is 4.94. The van der Waals surface area contributed by atoms with Crippen molar-refractivity contribution in [2.24, 2.45) is 5.73 Å². The molecule has 3 nitrogen and oxygen atoms in total. The Bertz CT molecular complexity index is 438. The van der Waals surface area contributed by atoms with Crippen molar-refractivity contribution in [1.29, 1.82) is 0 Å². The highest BCUT2D eigenvalue weighted by molar-refractivity contribution is 7.80. The van der Waals surface area contributed by atoms with Crippen LogP contribution in [0.1, 0.15) is 36.8 Å². The maximum atomic E-state index is 10.4. The summed E-state index contributed by atoms with van der Waals surface area (Å²) in [5.41, 5.74) is 7.21. The fraction of sp³-hybridized carbons (Fsp3) is 0.533. The Morgan fingerprint density at radius 2 is 1.89 bits per heavy atom. The topological polar surface area (TPSA) is 49.5 Å². The average molecular weight is 278 g/mol. The minimum Gasteiger partial charge on any atom is -0.389 e. The molecule has 0 spiro atoms. The largest absolute Gasteiger partial charge is 0.389 e. The fourth-order valence-electron chi connectivity index (χ4n) is 2.84. The van der Waals surface area contributed by atoms with E-state index in [-0.39, 0.29) is 0 Å². The van der Waals surface area contributed by atoms with Crippen molar-refractivity contribution in [3.05, 3.63) is 35.4 Å². The maximum absolute atomic E-state index is 10.4. The van der Waals surface area contributed by atoms with Crippen molar-refractivity contribution in [3.63, 3.8) is 0 Å². The third-order valence-corrected chi connectivity index (χ3v) is 4.03. The number of nitrogens with zero attached hydrogens (tertiary/aromatic N) is 1. The SMILES string of the molecule is CN(Cc1ccc(C(N)=S)cc1)CC1(O)CCCC1. The van der Waals surface area contributed by atoms with Crippen molar-refractivity contribution in [1.82, 2.24) is 4.90 Å². The highest BCUT2D eigenvalue weighted by atomic mass is 32.1. The molecule has 4 heteroatoms. The number of hydrogen-bond donors (Lipinski definition) is 2. The molecular weight excluding hydrogens is 256 g/mol. The van der Waals surface area contributed by atoms with Crippen LogP contribution in [0.5, 0.6) is 0 Å². The summed E-state index contributed by atoms with van der Waals surface area (Å²) in [6.07, 6.45) is 4.15. The minimum atomic E-state index is -0.479. The Labute approximate surface area is 120 Å². The summed E-state index contributed by atoms with van der Waals surface area (Å²) in [7, 11) is 2.05. The lowest BCUT2D eigenvalue weighted by atomic mass is 10.0. The maximum Gasteiger partial charge on any atom is 0.103 e. The Morgan fingerprint density at radius 3 is 2.42 bits per heavy atom. The van der Waals surface area contributed by atoms with Gasteiger partial charge in [-0.2, -0.15) is 0 Å². The normalized spacial score (nSPS) is 17.8. The van der Waals surface area contributed by atoms with Gasteiger partial charge >= 0.3 is 0 Å². The molecule has 1 fully saturated rings. The summed E-state index contributed by atoms with van der Waals surface area (Å²) < 4.78 is 0. The van der Waals surface area contributed by atoms with E-state index in [0.717, 1.165) is 44.3 Å². The van der Waals surface area contributed by atoms with Crippen molar-refractivity contribution >= 4 is 17.2 Å². The second-order valence-corrected chi connectivity index (χ2v) is 6.10. The first-order valence-electron chi connectivity index (χ1n) is 6.78. The Kier molecular flexibility index (Phi) is 4.55. The quantitative estimate of drug-likeness (QED) is 0.810. The molecule has 1 aliphatic rings. The number of aliphatic hydroxyl groups is 1.